The van der Waals surface area contributed by atoms with Gasteiger partial charge in [0.15, 0.2) is 0 Å². The number of para-hydroxylation sites is 1. The van der Waals surface area contributed by atoms with Crippen LogP contribution in [0.15, 0.2) is 83.8 Å². The molecule has 1 aliphatic heterocycles. The fraction of sp³-hybridized carbons (Fsp3) is 0.160. The average Bonchev–Trinajstić information content (AvgIpc) is 3.17. The van der Waals surface area contributed by atoms with Crippen molar-refractivity contribution in [3.8, 4) is 0 Å². The van der Waals surface area contributed by atoms with Gasteiger partial charge in [0.25, 0.3) is 15.9 Å². The number of sulfonamides is 1. The van der Waals surface area contributed by atoms with Gasteiger partial charge in [-0.1, -0.05) is 42.5 Å². The molecule has 0 aliphatic carbocycles. The van der Waals surface area contributed by atoms with Crippen molar-refractivity contribution >= 4 is 39.1 Å². The highest BCUT2D eigenvalue weighted by Crippen LogP contribution is 2.25. The molecule has 9 heteroatoms. The zero-order valence-electron chi connectivity index (χ0n) is 18.2. The van der Waals surface area contributed by atoms with E-state index in [2.05, 4.69) is 10.0 Å². The van der Waals surface area contributed by atoms with Gasteiger partial charge in [0.1, 0.15) is 0 Å². The first-order valence-corrected chi connectivity index (χ1v) is 12.2. The first-order valence-electron chi connectivity index (χ1n) is 10.7. The molecule has 0 atom stereocenters. The van der Waals surface area contributed by atoms with Crippen molar-refractivity contribution < 1.29 is 22.8 Å². The van der Waals surface area contributed by atoms with E-state index in [1.165, 1.54) is 30.3 Å². The molecule has 0 bridgehead atoms. The van der Waals surface area contributed by atoms with Crippen LogP contribution < -0.4 is 14.9 Å². The number of imide groups is 1. The Labute approximate surface area is 197 Å². The largest absolute Gasteiger partial charge is 0.352 e. The summed E-state index contributed by atoms with van der Waals surface area (Å²) in [5.41, 5.74) is 1.75. The third kappa shape index (κ3) is 5.15. The fourth-order valence-corrected chi connectivity index (χ4v) is 4.75. The van der Waals surface area contributed by atoms with E-state index in [9.17, 15) is 22.8 Å². The Morgan fingerprint density at radius 1 is 0.824 bits per heavy atom. The molecule has 174 valence electrons. The molecule has 0 radical (unpaired) electrons. The number of nitrogens with zero attached hydrogens (tertiary/aromatic N) is 1. The highest BCUT2D eigenvalue weighted by Gasteiger charge is 2.30. The van der Waals surface area contributed by atoms with E-state index in [4.69, 9.17) is 0 Å². The van der Waals surface area contributed by atoms with E-state index in [1.807, 2.05) is 30.3 Å². The van der Waals surface area contributed by atoms with Crippen LogP contribution >= 0.6 is 0 Å². The predicted molar refractivity (Wildman–Crippen MR) is 128 cm³/mol. The minimum Gasteiger partial charge on any atom is -0.352 e. The summed E-state index contributed by atoms with van der Waals surface area (Å²) >= 11 is 0. The topological polar surface area (TPSA) is 113 Å². The predicted octanol–water partition coefficient (Wildman–Crippen LogP) is 3.11. The lowest BCUT2D eigenvalue weighted by molar-refractivity contribution is -0.121. The van der Waals surface area contributed by atoms with Crippen LogP contribution in [0.4, 0.5) is 11.4 Å². The number of carbonyl (C=O) groups excluding carboxylic acids is 3. The number of benzene rings is 3. The average molecular weight is 478 g/mol. The van der Waals surface area contributed by atoms with Gasteiger partial charge in [-0.15, -0.1) is 0 Å². The van der Waals surface area contributed by atoms with E-state index in [0.717, 1.165) is 10.5 Å². The quantitative estimate of drug-likeness (QED) is 0.484. The van der Waals surface area contributed by atoms with Crippen molar-refractivity contribution in [3.05, 3.63) is 90.0 Å². The van der Waals surface area contributed by atoms with Crippen LogP contribution in [-0.4, -0.2) is 32.7 Å². The molecule has 0 unspecified atom stereocenters. The molecule has 4 rings (SSSR count). The molecule has 1 heterocycles. The molecule has 0 spiro atoms. The maximum atomic E-state index is 12.9. The minimum atomic E-state index is -4.02. The van der Waals surface area contributed by atoms with Gasteiger partial charge >= 0.3 is 0 Å². The third-order valence-corrected chi connectivity index (χ3v) is 6.80. The Kier molecular flexibility index (Phi) is 6.74. The van der Waals surface area contributed by atoms with Crippen LogP contribution in [0, 0.1) is 0 Å². The van der Waals surface area contributed by atoms with Crippen molar-refractivity contribution in [1.82, 2.24) is 5.32 Å². The van der Waals surface area contributed by atoms with E-state index in [1.54, 1.807) is 18.2 Å². The lowest BCUT2D eigenvalue weighted by atomic mass is 10.1. The molecular weight excluding hydrogens is 454 g/mol. The van der Waals surface area contributed by atoms with Gasteiger partial charge < -0.3 is 5.32 Å². The molecule has 1 saturated heterocycles. The zero-order valence-corrected chi connectivity index (χ0v) is 19.0. The molecule has 3 aromatic rings. The van der Waals surface area contributed by atoms with Crippen LogP contribution in [0.2, 0.25) is 0 Å². The molecule has 0 saturated carbocycles. The second kappa shape index (κ2) is 9.88. The number of anilines is 2. The molecule has 3 amide bonds. The Balaban J connectivity index is 1.46. The van der Waals surface area contributed by atoms with Gasteiger partial charge in [-0.3, -0.25) is 24.0 Å². The summed E-state index contributed by atoms with van der Waals surface area (Å²) in [6, 6.07) is 21.5. The normalized spacial score (nSPS) is 13.7. The van der Waals surface area contributed by atoms with E-state index >= 15 is 0 Å². The number of carbonyl (C=O) groups is 3. The molecule has 2 N–H and O–H groups in total. The highest BCUT2D eigenvalue weighted by atomic mass is 32.2. The molecule has 1 aliphatic rings. The summed E-state index contributed by atoms with van der Waals surface area (Å²) in [7, 11) is -4.02. The second-order valence-corrected chi connectivity index (χ2v) is 9.44. The summed E-state index contributed by atoms with van der Waals surface area (Å²) in [5.74, 6) is -1.02. The molecule has 3 aromatic carbocycles. The Morgan fingerprint density at radius 2 is 1.44 bits per heavy atom. The van der Waals surface area contributed by atoms with Crippen molar-refractivity contribution in [1.29, 1.82) is 0 Å². The maximum Gasteiger partial charge on any atom is 0.261 e. The number of hydrogen-bond acceptors (Lipinski definition) is 5. The van der Waals surface area contributed by atoms with E-state index in [-0.39, 0.29) is 40.8 Å². The summed E-state index contributed by atoms with van der Waals surface area (Å²) in [4.78, 5) is 37.5. The summed E-state index contributed by atoms with van der Waals surface area (Å²) < 4.78 is 28.4. The van der Waals surface area contributed by atoms with Crippen LogP contribution in [0.25, 0.3) is 0 Å². The number of rotatable bonds is 8. The maximum absolute atomic E-state index is 12.9. The first kappa shape index (κ1) is 23.2. The van der Waals surface area contributed by atoms with Gasteiger partial charge in [0.2, 0.25) is 11.8 Å². The van der Waals surface area contributed by atoms with E-state index < -0.39 is 15.9 Å². The number of amides is 3. The lowest BCUT2D eigenvalue weighted by Gasteiger charge is -2.15. The zero-order chi connectivity index (χ0) is 24.1. The highest BCUT2D eigenvalue weighted by molar-refractivity contribution is 7.92. The van der Waals surface area contributed by atoms with Crippen molar-refractivity contribution in [2.45, 2.75) is 24.2 Å². The van der Waals surface area contributed by atoms with Gasteiger partial charge in [0, 0.05) is 19.4 Å². The van der Waals surface area contributed by atoms with Crippen molar-refractivity contribution in [3.63, 3.8) is 0 Å². The Hall–Kier alpha value is -3.98. The minimum absolute atomic E-state index is 0.0605. The third-order valence-electron chi connectivity index (χ3n) is 5.41. The standard InChI is InChI=1S/C25H23N3O5S/c29-23-14-15-24(30)28(23)19-10-12-20(13-11-19)34(32,33)27-22-9-5-4-8-21(22)25(31)26-17-16-18-6-2-1-3-7-18/h1-13,27H,14-17H2,(H,26,31). The van der Waals surface area contributed by atoms with Gasteiger partial charge in [-0.25, -0.2) is 8.42 Å². The molecule has 34 heavy (non-hydrogen) atoms. The van der Waals surface area contributed by atoms with Gasteiger partial charge in [-0.05, 0) is 48.4 Å². The van der Waals surface area contributed by atoms with Crippen molar-refractivity contribution in [2.24, 2.45) is 0 Å². The van der Waals surface area contributed by atoms with Crippen LogP contribution in [0.1, 0.15) is 28.8 Å². The fourth-order valence-electron chi connectivity index (χ4n) is 3.67. The Morgan fingerprint density at radius 3 is 2.12 bits per heavy atom. The lowest BCUT2D eigenvalue weighted by Crippen LogP contribution is -2.28. The number of hydrogen-bond donors (Lipinski definition) is 2. The van der Waals surface area contributed by atoms with E-state index in [0.29, 0.717) is 18.7 Å². The van der Waals surface area contributed by atoms with Crippen molar-refractivity contribution in [2.75, 3.05) is 16.2 Å². The molecule has 0 aromatic heterocycles. The summed E-state index contributed by atoms with van der Waals surface area (Å²) in [5, 5.41) is 2.82. The first-order chi connectivity index (χ1) is 16.3. The number of nitrogens with one attached hydrogen (secondary N) is 2. The smallest absolute Gasteiger partial charge is 0.261 e. The van der Waals surface area contributed by atoms with Crippen LogP contribution in [-0.2, 0) is 26.0 Å². The monoisotopic (exact) mass is 477 g/mol. The SMILES string of the molecule is O=C(NCCc1ccccc1)c1ccccc1NS(=O)(=O)c1ccc(N2C(=O)CCC2=O)cc1. The summed E-state index contributed by atoms with van der Waals surface area (Å²) in [6.45, 7) is 0.402. The Bertz CT molecular complexity index is 1310. The van der Waals surface area contributed by atoms with Gasteiger partial charge in [0.05, 0.1) is 21.8 Å². The van der Waals surface area contributed by atoms with Crippen LogP contribution in [0.3, 0.4) is 0 Å². The summed E-state index contributed by atoms with van der Waals surface area (Å²) in [6.07, 6.45) is 0.935. The second-order valence-electron chi connectivity index (χ2n) is 7.76. The molecule has 1 fully saturated rings. The molecular formula is C25H23N3O5S. The van der Waals surface area contributed by atoms with Gasteiger partial charge in [-0.2, -0.15) is 0 Å². The molecule has 8 nitrogen and oxygen atoms in total. The van der Waals surface area contributed by atoms with Crippen LogP contribution in [0.5, 0.6) is 0 Å².